The molecule has 2 rings (SSSR count). The Kier molecular flexibility index (Phi) is 3.59. The Hall–Kier alpha value is -1.32. The Morgan fingerprint density at radius 3 is 2.88 bits per heavy atom. The average Bonchev–Trinajstić information content (AvgIpc) is 2.66. The minimum atomic E-state index is 0.0983. The van der Waals surface area contributed by atoms with Crippen molar-refractivity contribution in [3.63, 3.8) is 0 Å². The van der Waals surface area contributed by atoms with E-state index in [0.717, 1.165) is 18.7 Å². The van der Waals surface area contributed by atoms with E-state index in [9.17, 15) is 4.79 Å². The summed E-state index contributed by atoms with van der Waals surface area (Å²) in [5.41, 5.74) is 0. The second kappa shape index (κ2) is 5.14. The highest BCUT2D eigenvalue weighted by atomic mass is 16.1. The molecule has 88 valence electrons. The quantitative estimate of drug-likeness (QED) is 0.839. The van der Waals surface area contributed by atoms with Gasteiger partial charge in [0.1, 0.15) is 5.82 Å². The maximum atomic E-state index is 11.8. The molecule has 1 N–H and O–H groups in total. The third-order valence-corrected chi connectivity index (χ3v) is 3.21. The van der Waals surface area contributed by atoms with E-state index in [1.165, 1.54) is 19.3 Å². The highest BCUT2D eigenvalue weighted by molar-refractivity contribution is 5.78. The highest BCUT2D eigenvalue weighted by Crippen LogP contribution is 2.17. The van der Waals surface area contributed by atoms with E-state index >= 15 is 0 Å². The van der Waals surface area contributed by atoms with Crippen molar-refractivity contribution in [3.05, 3.63) is 18.2 Å². The van der Waals surface area contributed by atoms with Gasteiger partial charge < -0.3 is 9.88 Å². The van der Waals surface area contributed by atoms with Crippen molar-refractivity contribution in [2.75, 3.05) is 0 Å². The predicted octanol–water partition coefficient (Wildman–Crippen LogP) is 1.41. The molecule has 4 nitrogen and oxygen atoms in total. The Bertz CT molecular complexity index is 353. The molecular formula is C12H19N3O. The maximum Gasteiger partial charge on any atom is 0.227 e. The molecule has 4 heteroatoms. The first-order chi connectivity index (χ1) is 7.75. The molecule has 0 bridgehead atoms. The molecule has 0 aliphatic heterocycles. The molecule has 1 amide bonds. The average molecular weight is 221 g/mol. The van der Waals surface area contributed by atoms with Crippen LogP contribution in [0.15, 0.2) is 12.4 Å². The number of aromatic nitrogens is 2. The maximum absolute atomic E-state index is 11.8. The van der Waals surface area contributed by atoms with E-state index in [-0.39, 0.29) is 5.91 Å². The topological polar surface area (TPSA) is 46.9 Å². The fourth-order valence-corrected chi connectivity index (χ4v) is 2.24. The molecule has 1 aromatic heterocycles. The van der Waals surface area contributed by atoms with E-state index in [1.54, 1.807) is 6.20 Å². The van der Waals surface area contributed by atoms with Crippen molar-refractivity contribution in [2.45, 2.75) is 44.6 Å². The largest absolute Gasteiger partial charge is 0.353 e. The third kappa shape index (κ3) is 2.84. The first-order valence-electron chi connectivity index (χ1n) is 6.01. The Balaban J connectivity index is 1.82. The Morgan fingerprint density at radius 1 is 1.50 bits per heavy atom. The van der Waals surface area contributed by atoms with Crippen LogP contribution in [0.25, 0.3) is 0 Å². The minimum Gasteiger partial charge on any atom is -0.353 e. The zero-order valence-corrected chi connectivity index (χ0v) is 9.78. The van der Waals surface area contributed by atoms with Gasteiger partial charge in [-0.05, 0) is 12.8 Å². The normalized spacial score (nSPS) is 17.3. The van der Waals surface area contributed by atoms with Gasteiger partial charge in [0.25, 0.3) is 0 Å². The van der Waals surface area contributed by atoms with Crippen LogP contribution in [0.1, 0.15) is 37.9 Å². The molecular weight excluding hydrogens is 202 g/mol. The molecule has 1 aliphatic carbocycles. The van der Waals surface area contributed by atoms with Crippen molar-refractivity contribution >= 4 is 5.91 Å². The summed E-state index contributed by atoms with van der Waals surface area (Å²) in [6, 6.07) is 0.390. The monoisotopic (exact) mass is 221 g/mol. The van der Waals surface area contributed by atoms with Gasteiger partial charge in [0.15, 0.2) is 0 Å². The number of nitrogens with one attached hydrogen (secondary N) is 1. The lowest BCUT2D eigenvalue weighted by Crippen LogP contribution is -2.37. The standard InChI is InChI=1S/C12H19N3O/c1-15-8-7-13-11(15)9-12(16)14-10-5-3-2-4-6-10/h7-8,10H,2-6,9H2,1H3,(H,14,16). The van der Waals surface area contributed by atoms with Gasteiger partial charge >= 0.3 is 0 Å². The molecule has 0 radical (unpaired) electrons. The molecule has 1 fully saturated rings. The molecule has 0 atom stereocenters. The number of imidazole rings is 1. The zero-order valence-electron chi connectivity index (χ0n) is 9.78. The molecule has 1 heterocycles. The van der Waals surface area contributed by atoms with Crippen LogP contribution in [-0.4, -0.2) is 21.5 Å². The number of rotatable bonds is 3. The summed E-state index contributed by atoms with van der Waals surface area (Å²) in [6.45, 7) is 0. The van der Waals surface area contributed by atoms with E-state index in [1.807, 2.05) is 17.8 Å². The molecule has 0 saturated heterocycles. The number of carbonyl (C=O) groups excluding carboxylic acids is 1. The van der Waals surface area contributed by atoms with Crippen LogP contribution in [0, 0.1) is 0 Å². The smallest absolute Gasteiger partial charge is 0.227 e. The molecule has 16 heavy (non-hydrogen) atoms. The van der Waals surface area contributed by atoms with Crippen LogP contribution < -0.4 is 5.32 Å². The fourth-order valence-electron chi connectivity index (χ4n) is 2.24. The minimum absolute atomic E-state index is 0.0983. The number of aryl methyl sites for hydroxylation is 1. The van der Waals surface area contributed by atoms with Crippen molar-refractivity contribution in [1.82, 2.24) is 14.9 Å². The van der Waals surface area contributed by atoms with Crippen molar-refractivity contribution < 1.29 is 4.79 Å². The molecule has 1 aromatic rings. The van der Waals surface area contributed by atoms with E-state index in [0.29, 0.717) is 12.5 Å². The van der Waals surface area contributed by atoms with E-state index in [4.69, 9.17) is 0 Å². The van der Waals surface area contributed by atoms with Crippen LogP contribution in [0.4, 0.5) is 0 Å². The van der Waals surface area contributed by atoms with Gasteiger partial charge in [-0.3, -0.25) is 4.79 Å². The van der Waals surface area contributed by atoms with Gasteiger partial charge in [-0.1, -0.05) is 19.3 Å². The van der Waals surface area contributed by atoms with Crippen molar-refractivity contribution in [2.24, 2.45) is 7.05 Å². The SMILES string of the molecule is Cn1ccnc1CC(=O)NC1CCCCC1. The number of amides is 1. The Labute approximate surface area is 96.1 Å². The molecule has 1 saturated carbocycles. The van der Waals surface area contributed by atoms with Crippen molar-refractivity contribution in [1.29, 1.82) is 0 Å². The van der Waals surface area contributed by atoms with Gasteiger partial charge in [0.05, 0.1) is 6.42 Å². The lowest BCUT2D eigenvalue weighted by atomic mass is 9.95. The summed E-state index contributed by atoms with van der Waals surface area (Å²) in [5.74, 6) is 0.925. The predicted molar refractivity (Wildman–Crippen MR) is 61.9 cm³/mol. The van der Waals surface area contributed by atoms with Crippen LogP contribution in [0.5, 0.6) is 0 Å². The molecule has 0 aromatic carbocycles. The highest BCUT2D eigenvalue weighted by Gasteiger charge is 2.16. The zero-order chi connectivity index (χ0) is 11.4. The van der Waals surface area contributed by atoms with Gasteiger partial charge in [0, 0.05) is 25.5 Å². The Morgan fingerprint density at radius 2 is 2.25 bits per heavy atom. The summed E-state index contributed by atoms with van der Waals surface area (Å²) >= 11 is 0. The van der Waals surface area contributed by atoms with Crippen molar-refractivity contribution in [3.8, 4) is 0 Å². The summed E-state index contributed by atoms with van der Waals surface area (Å²) in [5, 5.41) is 3.09. The first kappa shape index (κ1) is 11.2. The molecule has 1 aliphatic rings. The van der Waals surface area contributed by atoms with Gasteiger partial charge in [-0.2, -0.15) is 0 Å². The van der Waals surface area contributed by atoms with Crippen LogP contribution >= 0.6 is 0 Å². The second-order valence-electron chi connectivity index (χ2n) is 4.53. The number of hydrogen-bond acceptors (Lipinski definition) is 2. The first-order valence-corrected chi connectivity index (χ1v) is 6.01. The van der Waals surface area contributed by atoms with Gasteiger partial charge in [-0.15, -0.1) is 0 Å². The summed E-state index contributed by atoms with van der Waals surface area (Å²) in [6.07, 6.45) is 10.0. The van der Waals surface area contributed by atoms with Gasteiger partial charge in [-0.25, -0.2) is 4.98 Å². The fraction of sp³-hybridized carbons (Fsp3) is 0.667. The lowest BCUT2D eigenvalue weighted by molar-refractivity contribution is -0.121. The van der Waals surface area contributed by atoms with Gasteiger partial charge in [0.2, 0.25) is 5.91 Å². The number of nitrogens with zero attached hydrogens (tertiary/aromatic N) is 2. The lowest BCUT2D eigenvalue weighted by Gasteiger charge is -2.22. The van der Waals surface area contributed by atoms with Crippen LogP contribution in [0.3, 0.4) is 0 Å². The molecule has 0 spiro atoms. The summed E-state index contributed by atoms with van der Waals surface area (Å²) in [7, 11) is 1.91. The van der Waals surface area contributed by atoms with E-state index < -0.39 is 0 Å². The van der Waals surface area contributed by atoms with Crippen LogP contribution in [-0.2, 0) is 18.3 Å². The summed E-state index contributed by atoms with van der Waals surface area (Å²) < 4.78 is 1.89. The molecule has 0 unspecified atom stereocenters. The third-order valence-electron chi connectivity index (χ3n) is 3.21. The van der Waals surface area contributed by atoms with E-state index in [2.05, 4.69) is 10.3 Å². The number of hydrogen-bond donors (Lipinski definition) is 1. The van der Waals surface area contributed by atoms with Crippen LogP contribution in [0.2, 0.25) is 0 Å². The second-order valence-corrected chi connectivity index (χ2v) is 4.53. The summed E-state index contributed by atoms with van der Waals surface area (Å²) in [4.78, 5) is 15.9. The number of carbonyl (C=O) groups is 1.